The number of allylic oxidation sites excluding steroid dienone is 5. The van der Waals surface area contributed by atoms with Crippen LogP contribution in [0.5, 0.6) is 0 Å². The van der Waals surface area contributed by atoms with Gasteiger partial charge in [0.15, 0.2) is 0 Å². The summed E-state index contributed by atoms with van der Waals surface area (Å²) < 4.78 is 0. The lowest BCUT2D eigenvalue weighted by molar-refractivity contribution is 0.721. The highest BCUT2D eigenvalue weighted by Crippen LogP contribution is 2.38. The first kappa shape index (κ1) is 5.04. The third-order valence-corrected chi connectivity index (χ3v) is 2.19. The molecule has 0 aromatic rings. The molecule has 0 radical (unpaired) electrons. The lowest BCUT2D eigenvalue weighted by Crippen LogP contribution is -1.87. The minimum Gasteiger partial charge on any atom is -0.0988 e. The van der Waals surface area contributed by atoms with Crippen LogP contribution < -0.4 is 0 Å². The average Bonchev–Trinajstić information content (AvgIpc) is 2.45. The lowest BCUT2D eigenvalue weighted by Gasteiger charge is -2.01. The molecule has 0 saturated heterocycles. The van der Waals surface area contributed by atoms with Gasteiger partial charge < -0.3 is 0 Å². The van der Waals surface area contributed by atoms with Crippen LogP contribution in [0.1, 0.15) is 6.42 Å². The minimum atomic E-state index is 0.715. The van der Waals surface area contributed by atoms with Gasteiger partial charge in [0.1, 0.15) is 0 Å². The summed E-state index contributed by atoms with van der Waals surface area (Å²) >= 11 is 0. The van der Waals surface area contributed by atoms with Crippen LogP contribution in [-0.4, -0.2) is 0 Å². The van der Waals surface area contributed by atoms with Crippen LogP contribution in [0, 0.1) is 11.8 Å². The Hall–Kier alpha value is -0.780. The maximum atomic E-state index is 3.76. The van der Waals surface area contributed by atoms with Crippen LogP contribution in [0.3, 0.4) is 0 Å². The molecule has 2 aliphatic rings. The molecule has 2 bridgehead atoms. The van der Waals surface area contributed by atoms with Gasteiger partial charge in [-0.15, -0.1) is 0 Å². The SMILES string of the molecule is C=CC1=CC2C=CC1C2. The van der Waals surface area contributed by atoms with Gasteiger partial charge in [-0.05, 0) is 17.9 Å². The fourth-order valence-electron chi connectivity index (χ4n) is 1.69. The Morgan fingerprint density at radius 3 is 2.78 bits per heavy atom. The van der Waals surface area contributed by atoms with E-state index in [2.05, 4.69) is 24.8 Å². The van der Waals surface area contributed by atoms with E-state index in [9.17, 15) is 0 Å². The zero-order chi connectivity index (χ0) is 6.27. The number of hydrogen-bond acceptors (Lipinski definition) is 0. The van der Waals surface area contributed by atoms with Crippen molar-refractivity contribution in [2.45, 2.75) is 6.42 Å². The molecule has 0 nitrogen and oxygen atoms in total. The van der Waals surface area contributed by atoms with E-state index in [0.717, 1.165) is 5.92 Å². The van der Waals surface area contributed by atoms with E-state index in [1.54, 1.807) is 0 Å². The Balaban J connectivity index is 2.32. The molecular weight excluding hydrogens is 108 g/mol. The van der Waals surface area contributed by atoms with Gasteiger partial charge in [0.2, 0.25) is 0 Å². The molecule has 0 fully saturated rings. The maximum Gasteiger partial charge on any atom is 0.00236 e. The first-order chi connectivity index (χ1) is 4.40. The molecule has 9 heavy (non-hydrogen) atoms. The van der Waals surface area contributed by atoms with Crippen molar-refractivity contribution in [2.75, 3.05) is 0 Å². The average molecular weight is 118 g/mol. The summed E-state index contributed by atoms with van der Waals surface area (Å²) in [5.41, 5.74) is 1.43. The topological polar surface area (TPSA) is 0 Å². The molecule has 0 aromatic carbocycles. The molecule has 46 valence electrons. The van der Waals surface area contributed by atoms with Gasteiger partial charge in [0.05, 0.1) is 0 Å². The van der Waals surface area contributed by atoms with Crippen molar-refractivity contribution in [3.05, 3.63) is 36.5 Å². The van der Waals surface area contributed by atoms with Gasteiger partial charge >= 0.3 is 0 Å². The molecule has 0 spiro atoms. The molecule has 0 N–H and O–H groups in total. The predicted octanol–water partition coefficient (Wildman–Crippen LogP) is 2.30. The van der Waals surface area contributed by atoms with Crippen LogP contribution in [0.4, 0.5) is 0 Å². The zero-order valence-corrected chi connectivity index (χ0v) is 5.38. The van der Waals surface area contributed by atoms with E-state index < -0.39 is 0 Å². The van der Waals surface area contributed by atoms with E-state index in [0.29, 0.717) is 5.92 Å². The van der Waals surface area contributed by atoms with Gasteiger partial charge in [0, 0.05) is 5.92 Å². The fourth-order valence-corrected chi connectivity index (χ4v) is 1.69. The molecule has 0 heterocycles. The molecule has 2 aliphatic carbocycles. The van der Waals surface area contributed by atoms with Gasteiger partial charge in [-0.2, -0.15) is 0 Å². The summed E-state index contributed by atoms with van der Waals surface area (Å²) in [5.74, 6) is 1.45. The first-order valence-corrected chi connectivity index (χ1v) is 3.42. The van der Waals surface area contributed by atoms with Gasteiger partial charge in [-0.1, -0.05) is 30.9 Å². The molecule has 0 heteroatoms. The second kappa shape index (κ2) is 1.60. The van der Waals surface area contributed by atoms with Crippen LogP contribution in [0.2, 0.25) is 0 Å². The van der Waals surface area contributed by atoms with Crippen molar-refractivity contribution >= 4 is 0 Å². The summed E-state index contributed by atoms with van der Waals surface area (Å²) in [4.78, 5) is 0. The molecule has 2 rings (SSSR count). The molecule has 0 aromatic heterocycles. The van der Waals surface area contributed by atoms with Crippen molar-refractivity contribution in [3.63, 3.8) is 0 Å². The normalized spacial score (nSPS) is 37.1. The summed E-state index contributed by atoms with van der Waals surface area (Å²) in [6, 6.07) is 0. The van der Waals surface area contributed by atoms with E-state index in [-0.39, 0.29) is 0 Å². The van der Waals surface area contributed by atoms with Crippen LogP contribution in [0.15, 0.2) is 36.5 Å². The van der Waals surface area contributed by atoms with Crippen LogP contribution >= 0.6 is 0 Å². The van der Waals surface area contributed by atoms with Gasteiger partial charge in [-0.25, -0.2) is 0 Å². The highest BCUT2D eigenvalue weighted by atomic mass is 14.3. The van der Waals surface area contributed by atoms with Crippen LogP contribution in [-0.2, 0) is 0 Å². The Morgan fingerprint density at radius 2 is 2.44 bits per heavy atom. The fraction of sp³-hybridized carbons (Fsp3) is 0.333. The van der Waals surface area contributed by atoms with E-state index >= 15 is 0 Å². The van der Waals surface area contributed by atoms with Crippen molar-refractivity contribution in [1.29, 1.82) is 0 Å². The van der Waals surface area contributed by atoms with E-state index in [1.165, 1.54) is 12.0 Å². The number of hydrogen-bond donors (Lipinski definition) is 0. The Labute approximate surface area is 55.6 Å². The predicted molar refractivity (Wildman–Crippen MR) is 39.0 cm³/mol. The van der Waals surface area contributed by atoms with Crippen molar-refractivity contribution < 1.29 is 0 Å². The standard InChI is InChI=1S/C9H10/c1-2-8-5-7-3-4-9(8)6-7/h2-5,7,9H,1,6H2. The second-order valence-corrected chi connectivity index (χ2v) is 2.76. The summed E-state index contributed by atoms with van der Waals surface area (Å²) in [7, 11) is 0. The van der Waals surface area contributed by atoms with E-state index in [4.69, 9.17) is 0 Å². The number of rotatable bonds is 1. The Morgan fingerprint density at radius 1 is 1.56 bits per heavy atom. The van der Waals surface area contributed by atoms with E-state index in [1.807, 2.05) is 6.08 Å². The molecular formula is C9H10. The van der Waals surface area contributed by atoms with Crippen molar-refractivity contribution in [1.82, 2.24) is 0 Å². The minimum absolute atomic E-state index is 0.715. The highest BCUT2D eigenvalue weighted by Gasteiger charge is 2.25. The third kappa shape index (κ3) is 0.593. The lowest BCUT2D eigenvalue weighted by atomic mass is 10.0. The monoisotopic (exact) mass is 118 g/mol. The second-order valence-electron chi connectivity index (χ2n) is 2.76. The molecule has 2 unspecified atom stereocenters. The molecule has 0 aliphatic heterocycles. The Kier molecular flexibility index (Phi) is 0.895. The quantitative estimate of drug-likeness (QED) is 0.463. The zero-order valence-electron chi connectivity index (χ0n) is 5.38. The van der Waals surface area contributed by atoms with Crippen LogP contribution in [0.25, 0.3) is 0 Å². The smallest absolute Gasteiger partial charge is 0.00236 e. The summed E-state index contributed by atoms with van der Waals surface area (Å²) in [5, 5.41) is 0. The molecule has 0 amide bonds. The maximum absolute atomic E-state index is 3.76. The Bertz CT molecular complexity index is 196. The summed E-state index contributed by atoms with van der Waals surface area (Å²) in [6.45, 7) is 3.76. The molecule has 0 saturated carbocycles. The highest BCUT2D eigenvalue weighted by molar-refractivity contribution is 5.35. The molecule has 2 atom stereocenters. The van der Waals surface area contributed by atoms with Gasteiger partial charge in [0.25, 0.3) is 0 Å². The largest absolute Gasteiger partial charge is 0.0988 e. The first-order valence-electron chi connectivity index (χ1n) is 3.42. The summed E-state index contributed by atoms with van der Waals surface area (Å²) in [6.07, 6.45) is 10.2. The van der Waals surface area contributed by atoms with Gasteiger partial charge in [-0.3, -0.25) is 0 Å². The third-order valence-electron chi connectivity index (χ3n) is 2.19. The van der Waals surface area contributed by atoms with Crippen molar-refractivity contribution in [2.24, 2.45) is 11.8 Å². The number of fused-ring (bicyclic) bond motifs is 2. The van der Waals surface area contributed by atoms with Crippen molar-refractivity contribution in [3.8, 4) is 0 Å².